The number of amides is 1. The van der Waals surface area contributed by atoms with Gasteiger partial charge in [0.25, 0.3) is 0 Å². The number of rotatable bonds is 2. The molecule has 0 aliphatic heterocycles. The molecule has 1 N–H and O–H groups in total. The van der Waals surface area contributed by atoms with Gasteiger partial charge in [-0.1, -0.05) is 6.92 Å². The number of ether oxygens (including phenoxy) is 1. The Kier molecular flexibility index (Phi) is 3.38. The first-order valence-corrected chi connectivity index (χ1v) is 3.35. The van der Waals surface area contributed by atoms with Crippen molar-refractivity contribution in [3.63, 3.8) is 0 Å². The molecule has 0 spiro atoms. The summed E-state index contributed by atoms with van der Waals surface area (Å²) in [6, 6.07) is 1.98. The van der Waals surface area contributed by atoms with Crippen LogP contribution in [-0.2, 0) is 4.74 Å². The van der Waals surface area contributed by atoms with Crippen LogP contribution in [0.15, 0.2) is 0 Å². The van der Waals surface area contributed by atoms with E-state index >= 15 is 0 Å². The van der Waals surface area contributed by atoms with E-state index in [1.165, 1.54) is 7.11 Å². The summed E-state index contributed by atoms with van der Waals surface area (Å²) in [5, 5.41) is 11.0. The highest BCUT2D eigenvalue weighted by molar-refractivity contribution is 5.68. The van der Waals surface area contributed by atoms with Crippen LogP contribution in [0, 0.1) is 11.3 Å². The summed E-state index contributed by atoms with van der Waals surface area (Å²) < 4.78 is 4.35. The molecule has 62 valence electrons. The fourth-order valence-electron chi connectivity index (χ4n) is 0.472. The average molecular weight is 156 g/mol. The van der Waals surface area contributed by atoms with Crippen molar-refractivity contribution in [2.45, 2.75) is 25.8 Å². The maximum atomic E-state index is 10.7. The highest BCUT2D eigenvalue weighted by Crippen LogP contribution is 2.06. The largest absolute Gasteiger partial charge is 0.453 e. The number of alkyl carbamates (subject to hydrolysis) is 1. The van der Waals surface area contributed by atoms with Crippen molar-refractivity contribution in [3.05, 3.63) is 0 Å². The Labute approximate surface area is 66.1 Å². The molecule has 4 nitrogen and oxygen atoms in total. The fraction of sp³-hybridized carbons (Fsp3) is 0.714. The number of carbonyl (C=O) groups excluding carboxylic acids is 1. The number of nitrogens with zero attached hydrogens (tertiary/aromatic N) is 1. The summed E-state index contributed by atoms with van der Waals surface area (Å²) in [6.07, 6.45) is -0.0191. The predicted molar refractivity (Wildman–Crippen MR) is 39.8 cm³/mol. The van der Waals surface area contributed by atoms with Crippen molar-refractivity contribution in [2.24, 2.45) is 0 Å². The fourth-order valence-corrected chi connectivity index (χ4v) is 0.472. The molecule has 4 heteroatoms. The Hall–Kier alpha value is -1.24. The van der Waals surface area contributed by atoms with Gasteiger partial charge < -0.3 is 10.1 Å². The second kappa shape index (κ2) is 3.81. The quantitative estimate of drug-likeness (QED) is 0.649. The maximum Gasteiger partial charge on any atom is 0.408 e. The van der Waals surface area contributed by atoms with E-state index in [0.717, 1.165) is 0 Å². The minimum atomic E-state index is -0.812. The Morgan fingerprint density at radius 3 is 2.64 bits per heavy atom. The molecule has 0 fully saturated rings. The molecule has 0 saturated heterocycles. The smallest absolute Gasteiger partial charge is 0.408 e. The lowest BCUT2D eigenvalue weighted by Crippen LogP contribution is -2.44. The molecule has 1 amide bonds. The zero-order valence-corrected chi connectivity index (χ0v) is 6.97. The summed E-state index contributed by atoms with van der Waals surface area (Å²) in [5.74, 6) is 0. The molecular weight excluding hydrogens is 144 g/mol. The lowest BCUT2D eigenvalue weighted by molar-refractivity contribution is 0.162. The van der Waals surface area contributed by atoms with Gasteiger partial charge in [0.15, 0.2) is 0 Å². The van der Waals surface area contributed by atoms with Gasteiger partial charge in [-0.15, -0.1) is 0 Å². The first kappa shape index (κ1) is 9.76. The van der Waals surface area contributed by atoms with Crippen LogP contribution in [0.3, 0.4) is 0 Å². The summed E-state index contributed by atoms with van der Waals surface area (Å²) in [5.41, 5.74) is -0.812. The highest BCUT2D eigenvalue weighted by Gasteiger charge is 2.23. The van der Waals surface area contributed by atoms with Gasteiger partial charge in [-0.2, -0.15) is 5.26 Å². The first-order chi connectivity index (χ1) is 5.08. The van der Waals surface area contributed by atoms with E-state index < -0.39 is 11.6 Å². The van der Waals surface area contributed by atoms with Crippen molar-refractivity contribution in [3.8, 4) is 6.07 Å². The molecule has 1 unspecified atom stereocenters. The first-order valence-electron chi connectivity index (χ1n) is 3.35. The van der Waals surface area contributed by atoms with Crippen LogP contribution in [-0.4, -0.2) is 18.7 Å². The molecule has 0 heterocycles. The van der Waals surface area contributed by atoms with Gasteiger partial charge in [-0.3, -0.25) is 0 Å². The van der Waals surface area contributed by atoms with Gasteiger partial charge >= 0.3 is 6.09 Å². The van der Waals surface area contributed by atoms with Crippen molar-refractivity contribution in [2.75, 3.05) is 7.11 Å². The van der Waals surface area contributed by atoms with Gasteiger partial charge in [0, 0.05) is 0 Å². The third-order valence-electron chi connectivity index (χ3n) is 1.52. The molecule has 0 aliphatic rings. The monoisotopic (exact) mass is 156 g/mol. The van der Waals surface area contributed by atoms with Gasteiger partial charge in [0.2, 0.25) is 0 Å². The number of methoxy groups -OCH3 is 1. The van der Waals surface area contributed by atoms with Crippen molar-refractivity contribution >= 4 is 6.09 Å². The summed E-state index contributed by atoms with van der Waals surface area (Å²) in [4.78, 5) is 10.7. The molecular formula is C7H12N2O2. The van der Waals surface area contributed by atoms with Gasteiger partial charge in [0.1, 0.15) is 5.54 Å². The second-order valence-corrected chi connectivity index (χ2v) is 2.41. The van der Waals surface area contributed by atoms with E-state index in [-0.39, 0.29) is 0 Å². The van der Waals surface area contributed by atoms with Crippen LogP contribution in [0.5, 0.6) is 0 Å². The van der Waals surface area contributed by atoms with E-state index in [2.05, 4.69) is 10.1 Å². The Balaban J connectivity index is 4.11. The SMILES string of the molecule is CCC(C)(C#N)NC(=O)OC. The van der Waals surface area contributed by atoms with E-state index in [4.69, 9.17) is 5.26 Å². The second-order valence-electron chi connectivity index (χ2n) is 2.41. The number of hydrogen-bond acceptors (Lipinski definition) is 3. The van der Waals surface area contributed by atoms with Crippen LogP contribution in [0.25, 0.3) is 0 Å². The van der Waals surface area contributed by atoms with Gasteiger partial charge in [-0.05, 0) is 13.3 Å². The zero-order valence-electron chi connectivity index (χ0n) is 6.97. The molecule has 0 radical (unpaired) electrons. The minimum Gasteiger partial charge on any atom is -0.453 e. The summed E-state index contributed by atoms with van der Waals surface area (Å²) in [6.45, 7) is 3.46. The molecule has 0 aliphatic carbocycles. The molecule has 11 heavy (non-hydrogen) atoms. The standard InChI is InChI=1S/C7H12N2O2/c1-4-7(2,5-8)9-6(10)11-3/h4H2,1-3H3,(H,9,10). The number of nitrogens with one attached hydrogen (secondary N) is 1. The topological polar surface area (TPSA) is 62.1 Å². The van der Waals surface area contributed by atoms with Gasteiger partial charge in [0.05, 0.1) is 13.2 Å². The Morgan fingerprint density at radius 1 is 1.82 bits per heavy atom. The van der Waals surface area contributed by atoms with Crippen molar-refractivity contribution in [1.29, 1.82) is 5.26 Å². The zero-order chi connectivity index (χ0) is 8.91. The minimum absolute atomic E-state index is 0.554. The van der Waals surface area contributed by atoms with Crippen LogP contribution in [0.4, 0.5) is 4.79 Å². The van der Waals surface area contributed by atoms with Crippen LogP contribution >= 0.6 is 0 Å². The predicted octanol–water partition coefficient (Wildman–Crippen LogP) is 1.03. The molecule has 0 aromatic rings. The van der Waals surface area contributed by atoms with E-state index in [1.54, 1.807) is 6.92 Å². The Morgan fingerprint density at radius 2 is 2.36 bits per heavy atom. The number of hydrogen-bond donors (Lipinski definition) is 1. The highest BCUT2D eigenvalue weighted by atomic mass is 16.5. The van der Waals surface area contributed by atoms with Gasteiger partial charge in [-0.25, -0.2) is 4.79 Å². The average Bonchev–Trinajstić information content (AvgIpc) is 2.04. The lowest BCUT2D eigenvalue weighted by atomic mass is 10.0. The molecule has 1 atom stereocenters. The Bertz CT molecular complexity index is 185. The number of nitriles is 1. The van der Waals surface area contributed by atoms with Crippen LogP contribution in [0.2, 0.25) is 0 Å². The maximum absolute atomic E-state index is 10.7. The van der Waals surface area contributed by atoms with E-state index in [1.807, 2.05) is 13.0 Å². The molecule has 0 bridgehead atoms. The third-order valence-corrected chi connectivity index (χ3v) is 1.52. The summed E-state index contributed by atoms with van der Waals surface area (Å²) in [7, 11) is 1.27. The van der Waals surface area contributed by atoms with E-state index in [0.29, 0.717) is 6.42 Å². The molecule has 0 rings (SSSR count). The third kappa shape index (κ3) is 2.89. The van der Waals surface area contributed by atoms with Crippen LogP contribution in [0.1, 0.15) is 20.3 Å². The van der Waals surface area contributed by atoms with Crippen molar-refractivity contribution in [1.82, 2.24) is 5.32 Å². The molecule has 0 aromatic heterocycles. The van der Waals surface area contributed by atoms with Crippen molar-refractivity contribution < 1.29 is 9.53 Å². The van der Waals surface area contributed by atoms with Crippen LogP contribution < -0.4 is 5.32 Å². The molecule has 0 aromatic carbocycles. The lowest BCUT2D eigenvalue weighted by Gasteiger charge is -2.19. The number of carbonyl (C=O) groups is 1. The normalized spacial score (nSPS) is 14.4. The molecule has 0 saturated carbocycles. The summed E-state index contributed by atoms with van der Waals surface area (Å²) >= 11 is 0. The van der Waals surface area contributed by atoms with E-state index in [9.17, 15) is 4.79 Å².